The molecule has 2 aromatic rings. The van der Waals surface area contributed by atoms with Crippen LogP contribution in [0.3, 0.4) is 0 Å². The number of sulfonamides is 1. The minimum atomic E-state index is -3.78. The highest BCUT2D eigenvalue weighted by Crippen LogP contribution is 2.14. The lowest BCUT2D eigenvalue weighted by Crippen LogP contribution is -2.32. The predicted molar refractivity (Wildman–Crippen MR) is 79.7 cm³/mol. The molecule has 1 amide bonds. The molecule has 0 saturated carbocycles. The molecule has 0 aliphatic carbocycles. The van der Waals surface area contributed by atoms with E-state index in [1.165, 1.54) is 49.5 Å². The first-order valence-electron chi connectivity index (χ1n) is 6.26. The van der Waals surface area contributed by atoms with Gasteiger partial charge in [0.25, 0.3) is 5.56 Å². The van der Waals surface area contributed by atoms with Crippen LogP contribution in [0.4, 0.5) is 5.69 Å². The Morgan fingerprint density at radius 2 is 1.91 bits per heavy atom. The average Bonchev–Trinajstić information content (AvgIpc) is 2.46. The summed E-state index contributed by atoms with van der Waals surface area (Å²) in [5, 5.41) is 11.4. The molecule has 0 aliphatic rings. The van der Waals surface area contributed by atoms with Gasteiger partial charge in [-0.05, 0) is 37.3 Å². The van der Waals surface area contributed by atoms with Crippen LogP contribution >= 0.6 is 0 Å². The summed E-state index contributed by atoms with van der Waals surface area (Å²) < 4.78 is 23.3. The van der Waals surface area contributed by atoms with Crippen molar-refractivity contribution in [1.82, 2.24) is 9.78 Å². The lowest BCUT2D eigenvalue weighted by Gasteiger charge is -2.13. The Labute approximate surface area is 126 Å². The van der Waals surface area contributed by atoms with Crippen molar-refractivity contribution < 1.29 is 13.2 Å². The van der Waals surface area contributed by atoms with Gasteiger partial charge in [0.1, 0.15) is 6.04 Å². The SMILES string of the molecule is CC(C(=O)Nc1ccc(S(N)(=O)=O)cc1)n1ncccc1=O. The summed E-state index contributed by atoms with van der Waals surface area (Å²) >= 11 is 0. The Hall–Kier alpha value is -2.52. The van der Waals surface area contributed by atoms with E-state index < -0.39 is 27.5 Å². The Kier molecular flexibility index (Phi) is 4.38. The fraction of sp³-hybridized carbons (Fsp3) is 0.154. The largest absolute Gasteiger partial charge is 0.324 e. The van der Waals surface area contributed by atoms with Gasteiger partial charge in [0, 0.05) is 18.0 Å². The second-order valence-corrected chi connectivity index (χ2v) is 6.10. The third-order valence-electron chi connectivity index (χ3n) is 2.94. The number of hydrogen-bond donors (Lipinski definition) is 2. The fourth-order valence-electron chi connectivity index (χ4n) is 1.75. The zero-order chi connectivity index (χ0) is 16.3. The molecule has 8 nitrogen and oxygen atoms in total. The molecule has 0 bridgehead atoms. The Balaban J connectivity index is 2.15. The van der Waals surface area contributed by atoms with E-state index in [0.29, 0.717) is 5.69 Å². The molecule has 0 spiro atoms. The molecule has 0 fully saturated rings. The first-order chi connectivity index (χ1) is 10.3. The van der Waals surface area contributed by atoms with Crippen LogP contribution in [0, 0.1) is 0 Å². The second-order valence-electron chi connectivity index (χ2n) is 4.54. The number of rotatable bonds is 4. The third-order valence-corrected chi connectivity index (χ3v) is 3.87. The predicted octanol–water partition coefficient (Wildman–Crippen LogP) is 0.0904. The molecule has 1 unspecified atom stereocenters. The van der Waals surface area contributed by atoms with E-state index in [1.807, 2.05) is 0 Å². The summed E-state index contributed by atoms with van der Waals surface area (Å²) in [5.41, 5.74) is -0.0112. The van der Waals surface area contributed by atoms with E-state index in [-0.39, 0.29) is 4.90 Å². The quantitative estimate of drug-likeness (QED) is 0.825. The topological polar surface area (TPSA) is 124 Å². The summed E-state index contributed by atoms with van der Waals surface area (Å²) in [4.78, 5) is 23.6. The molecule has 0 saturated heterocycles. The van der Waals surface area contributed by atoms with Gasteiger partial charge in [-0.3, -0.25) is 9.59 Å². The normalized spacial score (nSPS) is 12.6. The molecule has 1 heterocycles. The molecular formula is C13H14N4O4S. The van der Waals surface area contributed by atoms with Gasteiger partial charge in [-0.25, -0.2) is 18.2 Å². The molecule has 22 heavy (non-hydrogen) atoms. The molecule has 3 N–H and O–H groups in total. The monoisotopic (exact) mass is 322 g/mol. The Bertz CT molecular complexity index is 843. The molecule has 0 aliphatic heterocycles. The van der Waals surface area contributed by atoms with Crippen LogP contribution in [0.25, 0.3) is 0 Å². The van der Waals surface area contributed by atoms with Crippen LogP contribution in [-0.2, 0) is 14.8 Å². The van der Waals surface area contributed by atoms with Crippen LogP contribution < -0.4 is 16.0 Å². The number of carbonyl (C=O) groups excluding carboxylic acids is 1. The van der Waals surface area contributed by atoms with E-state index in [0.717, 1.165) is 4.68 Å². The number of nitrogens with zero attached hydrogens (tertiary/aromatic N) is 2. The average molecular weight is 322 g/mol. The van der Waals surface area contributed by atoms with Crippen molar-refractivity contribution in [3.05, 3.63) is 52.9 Å². The van der Waals surface area contributed by atoms with Gasteiger partial charge < -0.3 is 5.32 Å². The smallest absolute Gasteiger partial charge is 0.267 e. The molecular weight excluding hydrogens is 308 g/mol. The van der Waals surface area contributed by atoms with Crippen LogP contribution in [0.15, 0.2) is 52.3 Å². The number of benzene rings is 1. The van der Waals surface area contributed by atoms with E-state index in [1.54, 1.807) is 0 Å². The molecule has 0 radical (unpaired) electrons. The molecule has 1 aromatic carbocycles. The van der Waals surface area contributed by atoms with Crippen molar-refractivity contribution in [2.24, 2.45) is 5.14 Å². The number of aromatic nitrogens is 2. The van der Waals surface area contributed by atoms with Crippen molar-refractivity contribution in [3.8, 4) is 0 Å². The van der Waals surface area contributed by atoms with Crippen molar-refractivity contribution in [2.75, 3.05) is 5.32 Å². The minimum absolute atomic E-state index is 0.0560. The number of hydrogen-bond acceptors (Lipinski definition) is 5. The van der Waals surface area contributed by atoms with Crippen molar-refractivity contribution in [2.45, 2.75) is 17.9 Å². The van der Waals surface area contributed by atoms with E-state index >= 15 is 0 Å². The Morgan fingerprint density at radius 3 is 2.45 bits per heavy atom. The number of primary sulfonamides is 1. The standard InChI is InChI=1S/C13H14N4O4S/c1-9(17-12(18)3-2-8-15-17)13(19)16-10-4-6-11(7-5-10)22(14,20)21/h2-9H,1H3,(H,16,19)(H2,14,20,21). The zero-order valence-electron chi connectivity index (χ0n) is 11.6. The van der Waals surface area contributed by atoms with Gasteiger partial charge in [0.2, 0.25) is 15.9 Å². The highest BCUT2D eigenvalue weighted by Gasteiger charge is 2.17. The number of nitrogens with one attached hydrogen (secondary N) is 1. The summed E-state index contributed by atoms with van der Waals surface area (Å²) in [6, 6.07) is 7.35. The van der Waals surface area contributed by atoms with Crippen molar-refractivity contribution >= 4 is 21.6 Å². The van der Waals surface area contributed by atoms with Crippen LogP contribution in [-0.4, -0.2) is 24.1 Å². The summed E-state index contributed by atoms with van der Waals surface area (Å²) in [7, 11) is -3.78. The first kappa shape index (κ1) is 15.9. The van der Waals surface area contributed by atoms with Gasteiger partial charge in [0.05, 0.1) is 4.90 Å². The number of nitrogens with two attached hydrogens (primary N) is 1. The van der Waals surface area contributed by atoms with Crippen LogP contribution in [0.5, 0.6) is 0 Å². The highest BCUT2D eigenvalue weighted by atomic mass is 32.2. The summed E-state index contributed by atoms with van der Waals surface area (Å²) in [6.45, 7) is 1.53. The van der Waals surface area contributed by atoms with Gasteiger partial charge in [-0.15, -0.1) is 0 Å². The Morgan fingerprint density at radius 1 is 1.27 bits per heavy atom. The van der Waals surface area contributed by atoms with Gasteiger partial charge in [-0.1, -0.05) is 0 Å². The maximum absolute atomic E-state index is 12.1. The van der Waals surface area contributed by atoms with E-state index in [4.69, 9.17) is 5.14 Å². The van der Waals surface area contributed by atoms with Gasteiger partial charge in [0.15, 0.2) is 0 Å². The number of amides is 1. The van der Waals surface area contributed by atoms with Crippen molar-refractivity contribution in [1.29, 1.82) is 0 Å². The lowest BCUT2D eigenvalue weighted by molar-refractivity contribution is -0.119. The summed E-state index contributed by atoms with van der Waals surface area (Å²) in [6.07, 6.45) is 1.41. The number of anilines is 1. The van der Waals surface area contributed by atoms with Crippen molar-refractivity contribution in [3.63, 3.8) is 0 Å². The molecule has 1 atom stereocenters. The van der Waals surface area contributed by atoms with Gasteiger partial charge in [-0.2, -0.15) is 5.10 Å². The molecule has 9 heteroatoms. The maximum atomic E-state index is 12.1. The lowest BCUT2D eigenvalue weighted by atomic mass is 10.2. The minimum Gasteiger partial charge on any atom is -0.324 e. The molecule has 116 valence electrons. The molecule has 1 aromatic heterocycles. The van der Waals surface area contributed by atoms with E-state index in [9.17, 15) is 18.0 Å². The third kappa shape index (κ3) is 3.57. The zero-order valence-corrected chi connectivity index (χ0v) is 12.4. The number of carbonyl (C=O) groups is 1. The van der Waals surface area contributed by atoms with Crippen LogP contribution in [0.2, 0.25) is 0 Å². The second kappa shape index (κ2) is 6.08. The van der Waals surface area contributed by atoms with E-state index in [2.05, 4.69) is 10.4 Å². The van der Waals surface area contributed by atoms with Crippen LogP contribution in [0.1, 0.15) is 13.0 Å². The summed E-state index contributed by atoms with van der Waals surface area (Å²) in [5.74, 6) is -0.454. The first-order valence-corrected chi connectivity index (χ1v) is 7.81. The highest BCUT2D eigenvalue weighted by molar-refractivity contribution is 7.89. The molecule has 2 rings (SSSR count). The van der Waals surface area contributed by atoms with Gasteiger partial charge >= 0.3 is 0 Å². The fourth-order valence-corrected chi connectivity index (χ4v) is 2.26. The maximum Gasteiger partial charge on any atom is 0.267 e.